The van der Waals surface area contributed by atoms with E-state index in [9.17, 15) is 13.0 Å². The molecule has 1 saturated carbocycles. The highest BCUT2D eigenvalue weighted by Gasteiger charge is 2.12. The van der Waals surface area contributed by atoms with E-state index in [0.717, 1.165) is 38.5 Å². The fraction of sp³-hybridized carbons (Fsp3) is 1.00. The van der Waals surface area contributed by atoms with Gasteiger partial charge in [-0.2, -0.15) is 0 Å². The summed E-state index contributed by atoms with van der Waals surface area (Å²) in [5, 5.41) is 0. The van der Waals surface area contributed by atoms with Gasteiger partial charge < -0.3 is 4.55 Å². The van der Waals surface area contributed by atoms with Crippen molar-refractivity contribution < 1.29 is 13.0 Å². The Kier molecular flexibility index (Phi) is 4.15. The first-order valence-corrected chi connectivity index (χ1v) is 6.22. The van der Waals surface area contributed by atoms with E-state index in [0.29, 0.717) is 0 Å². The number of hydrogen-bond donors (Lipinski definition) is 1. The summed E-state index contributed by atoms with van der Waals surface area (Å²) in [5.41, 5.74) is 0. The third kappa shape index (κ3) is 5.23. The van der Waals surface area contributed by atoms with Gasteiger partial charge in [0, 0.05) is 6.04 Å². The van der Waals surface area contributed by atoms with Crippen molar-refractivity contribution in [3.8, 4) is 0 Å². The molecule has 5 heteroatoms. The van der Waals surface area contributed by atoms with Gasteiger partial charge in [0.15, 0.2) is 10.3 Å². The van der Waals surface area contributed by atoms with E-state index in [-0.39, 0.29) is 6.04 Å². The molecular formula is C8H16NO3S-. The molecule has 0 amide bonds. The van der Waals surface area contributed by atoms with Crippen molar-refractivity contribution >= 4 is 10.3 Å². The van der Waals surface area contributed by atoms with E-state index in [2.05, 4.69) is 4.72 Å². The molecule has 1 aliphatic carbocycles. The van der Waals surface area contributed by atoms with E-state index in [4.69, 9.17) is 0 Å². The normalized spacial score (nSPS) is 22.2. The maximum Gasteiger partial charge on any atom is 0.159 e. The standard InChI is InChI=1S/C8H17NO3S/c10-13(11,12)9-8-6-4-2-1-3-5-7-8/h8-9H,1-7H2,(H,10,11,12)/p-1. The highest BCUT2D eigenvalue weighted by atomic mass is 32.2. The van der Waals surface area contributed by atoms with Crippen LogP contribution in [0.4, 0.5) is 0 Å². The summed E-state index contributed by atoms with van der Waals surface area (Å²) in [6, 6.07) is -0.122. The maximum atomic E-state index is 10.4. The van der Waals surface area contributed by atoms with Gasteiger partial charge in [-0.3, -0.25) is 0 Å². The second kappa shape index (κ2) is 4.93. The van der Waals surface area contributed by atoms with Crippen LogP contribution in [-0.2, 0) is 10.3 Å². The van der Waals surface area contributed by atoms with Gasteiger partial charge in [-0.15, -0.1) is 0 Å². The van der Waals surface area contributed by atoms with Gasteiger partial charge in [-0.1, -0.05) is 32.1 Å². The second-order valence-corrected chi connectivity index (χ2v) is 4.76. The molecule has 0 aromatic carbocycles. The van der Waals surface area contributed by atoms with Crippen molar-refractivity contribution in [2.45, 2.75) is 51.0 Å². The predicted octanol–water partition coefficient (Wildman–Crippen LogP) is 1.15. The molecule has 0 bridgehead atoms. The van der Waals surface area contributed by atoms with Crippen molar-refractivity contribution in [1.82, 2.24) is 4.72 Å². The summed E-state index contributed by atoms with van der Waals surface area (Å²) in [7, 11) is -4.25. The smallest absolute Gasteiger partial charge is 0.159 e. The van der Waals surface area contributed by atoms with E-state index < -0.39 is 10.3 Å². The monoisotopic (exact) mass is 206 g/mol. The summed E-state index contributed by atoms with van der Waals surface area (Å²) >= 11 is 0. The van der Waals surface area contributed by atoms with E-state index in [1.54, 1.807) is 0 Å². The molecule has 13 heavy (non-hydrogen) atoms. The van der Waals surface area contributed by atoms with E-state index in [1.165, 1.54) is 6.42 Å². The van der Waals surface area contributed by atoms with Crippen molar-refractivity contribution in [3.05, 3.63) is 0 Å². The molecule has 0 aliphatic heterocycles. The first-order chi connectivity index (χ1) is 6.08. The van der Waals surface area contributed by atoms with Crippen molar-refractivity contribution in [3.63, 3.8) is 0 Å². The lowest BCUT2D eigenvalue weighted by atomic mass is 9.97. The Morgan fingerprint density at radius 2 is 1.46 bits per heavy atom. The van der Waals surface area contributed by atoms with Crippen LogP contribution in [0.2, 0.25) is 0 Å². The molecule has 0 radical (unpaired) electrons. The minimum atomic E-state index is -4.25. The van der Waals surface area contributed by atoms with E-state index >= 15 is 0 Å². The zero-order valence-electron chi connectivity index (χ0n) is 7.66. The number of hydrogen-bond acceptors (Lipinski definition) is 3. The summed E-state index contributed by atoms with van der Waals surface area (Å²) in [6.45, 7) is 0. The quantitative estimate of drug-likeness (QED) is 0.689. The van der Waals surface area contributed by atoms with Crippen molar-refractivity contribution in [1.29, 1.82) is 0 Å². The Labute approximate surface area is 79.6 Å². The molecular weight excluding hydrogens is 190 g/mol. The maximum absolute atomic E-state index is 10.4. The largest absolute Gasteiger partial charge is 0.735 e. The number of rotatable bonds is 2. The Morgan fingerprint density at radius 3 is 1.92 bits per heavy atom. The third-order valence-electron chi connectivity index (χ3n) is 2.42. The van der Waals surface area contributed by atoms with Gasteiger partial charge in [0.1, 0.15) is 0 Å². The van der Waals surface area contributed by atoms with Crippen LogP contribution < -0.4 is 4.72 Å². The fourth-order valence-electron chi connectivity index (χ4n) is 1.78. The first-order valence-electron chi connectivity index (χ1n) is 4.81. The molecule has 0 spiro atoms. The minimum absolute atomic E-state index is 0.122. The van der Waals surface area contributed by atoms with Crippen LogP contribution in [0.5, 0.6) is 0 Å². The van der Waals surface area contributed by atoms with Gasteiger partial charge in [0.05, 0.1) is 0 Å². The Morgan fingerprint density at radius 1 is 1.00 bits per heavy atom. The lowest BCUT2D eigenvalue weighted by molar-refractivity contribution is 0.393. The Balaban J connectivity index is 2.38. The summed E-state index contributed by atoms with van der Waals surface area (Å²) < 4.78 is 33.4. The van der Waals surface area contributed by atoms with E-state index in [1.807, 2.05) is 0 Å². The van der Waals surface area contributed by atoms with Crippen LogP contribution in [0, 0.1) is 0 Å². The van der Waals surface area contributed by atoms with Gasteiger partial charge in [-0.05, 0) is 12.8 Å². The molecule has 0 aromatic rings. The average molecular weight is 206 g/mol. The molecule has 0 aromatic heterocycles. The van der Waals surface area contributed by atoms with Crippen molar-refractivity contribution in [2.24, 2.45) is 0 Å². The SMILES string of the molecule is O=S(=O)([O-])NC1CCCCCCC1. The topological polar surface area (TPSA) is 69.2 Å². The zero-order valence-corrected chi connectivity index (χ0v) is 8.48. The average Bonchev–Trinajstić information content (AvgIpc) is 1.92. The molecule has 0 heterocycles. The highest BCUT2D eigenvalue weighted by Crippen LogP contribution is 2.17. The molecule has 78 valence electrons. The molecule has 0 saturated heterocycles. The molecule has 1 rings (SSSR count). The lowest BCUT2D eigenvalue weighted by Gasteiger charge is -2.22. The van der Waals surface area contributed by atoms with Crippen LogP contribution in [0.25, 0.3) is 0 Å². The van der Waals surface area contributed by atoms with Crippen LogP contribution in [0.1, 0.15) is 44.9 Å². The summed E-state index contributed by atoms with van der Waals surface area (Å²) in [6.07, 6.45) is 7.19. The second-order valence-electron chi connectivity index (χ2n) is 3.61. The van der Waals surface area contributed by atoms with Crippen LogP contribution in [0.3, 0.4) is 0 Å². The molecule has 4 nitrogen and oxygen atoms in total. The predicted molar refractivity (Wildman–Crippen MR) is 48.9 cm³/mol. The first kappa shape index (κ1) is 10.9. The lowest BCUT2D eigenvalue weighted by Crippen LogP contribution is -2.34. The summed E-state index contributed by atoms with van der Waals surface area (Å²) in [5.74, 6) is 0. The molecule has 1 aliphatic rings. The highest BCUT2D eigenvalue weighted by molar-refractivity contribution is 7.83. The van der Waals surface area contributed by atoms with Gasteiger partial charge in [-0.25, -0.2) is 13.1 Å². The van der Waals surface area contributed by atoms with Gasteiger partial charge in [0.2, 0.25) is 0 Å². The van der Waals surface area contributed by atoms with Crippen LogP contribution in [-0.4, -0.2) is 19.0 Å². The minimum Gasteiger partial charge on any atom is -0.735 e. The molecule has 1 fully saturated rings. The molecule has 1 N–H and O–H groups in total. The van der Waals surface area contributed by atoms with Crippen LogP contribution >= 0.6 is 0 Å². The Hall–Kier alpha value is -0.130. The Bertz CT molecular complexity index is 230. The van der Waals surface area contributed by atoms with Gasteiger partial charge >= 0.3 is 0 Å². The van der Waals surface area contributed by atoms with Crippen LogP contribution in [0.15, 0.2) is 0 Å². The number of nitrogens with one attached hydrogen (secondary N) is 1. The fourth-order valence-corrected chi connectivity index (χ4v) is 2.42. The summed E-state index contributed by atoms with van der Waals surface area (Å²) in [4.78, 5) is 0. The third-order valence-corrected chi connectivity index (χ3v) is 3.04. The zero-order chi connectivity index (χ0) is 9.73. The van der Waals surface area contributed by atoms with Gasteiger partial charge in [0.25, 0.3) is 0 Å². The molecule has 0 atom stereocenters. The molecule has 0 unspecified atom stereocenters. The van der Waals surface area contributed by atoms with Crippen molar-refractivity contribution in [2.75, 3.05) is 0 Å².